The Morgan fingerprint density at radius 1 is 1.09 bits per heavy atom. The number of rotatable bonds is 15. The number of carbonyl (C=O) groups is 1. The summed E-state index contributed by atoms with van der Waals surface area (Å²) in [6, 6.07) is 12.0. The fourth-order valence-corrected chi connectivity index (χ4v) is 4.53. The lowest BCUT2D eigenvalue weighted by Crippen LogP contribution is -2.29. The van der Waals surface area contributed by atoms with Crippen LogP contribution in [0.25, 0.3) is 0 Å². The third-order valence-electron chi connectivity index (χ3n) is 5.43. The number of benzene rings is 1. The molecule has 1 aliphatic rings. The first-order valence-electron chi connectivity index (χ1n) is 11.9. The highest BCUT2D eigenvalue weighted by atomic mass is 32.2. The topological polar surface area (TPSA) is 118 Å². The van der Waals surface area contributed by atoms with Crippen LogP contribution in [0.1, 0.15) is 43.9 Å². The fourth-order valence-electron chi connectivity index (χ4n) is 3.60. The number of aromatic nitrogens is 2. The van der Waals surface area contributed by atoms with Crippen LogP contribution in [-0.4, -0.2) is 58.0 Å². The van der Waals surface area contributed by atoms with Crippen molar-refractivity contribution in [2.45, 2.75) is 50.3 Å². The zero-order valence-electron chi connectivity index (χ0n) is 19.4. The quantitative estimate of drug-likeness (QED) is 0.281. The molecule has 2 unspecified atom stereocenters. The fraction of sp³-hybridized carbons (Fsp3) is 0.542. The molecule has 2 atom stereocenters. The maximum atomic E-state index is 12.3. The zero-order chi connectivity index (χ0) is 24.0. The number of amides is 1. The highest BCUT2D eigenvalue weighted by Gasteiger charge is 2.27. The summed E-state index contributed by atoms with van der Waals surface area (Å²) in [5.74, 6) is 0.673. The minimum Gasteiger partial charge on any atom is -0.393 e. The van der Waals surface area contributed by atoms with Gasteiger partial charge >= 0.3 is 5.69 Å². The number of hydrogen-bond donors (Lipinski definition) is 4. The van der Waals surface area contributed by atoms with Gasteiger partial charge in [-0.25, -0.2) is 4.79 Å². The number of anilines is 1. The molecule has 1 amide bonds. The van der Waals surface area contributed by atoms with Crippen LogP contribution in [0.2, 0.25) is 0 Å². The minimum atomic E-state index is -0.483. The van der Waals surface area contributed by atoms with E-state index in [-0.39, 0.29) is 23.8 Å². The number of nitrogens with one attached hydrogen (secondary N) is 3. The van der Waals surface area contributed by atoms with Gasteiger partial charge in [0.05, 0.1) is 6.61 Å². The van der Waals surface area contributed by atoms with Crippen molar-refractivity contribution in [1.82, 2.24) is 20.2 Å². The number of hydrogen-bond acceptors (Lipinski definition) is 8. The molecule has 0 bridgehead atoms. The van der Waals surface area contributed by atoms with Crippen LogP contribution in [0.5, 0.6) is 0 Å². The van der Waals surface area contributed by atoms with Crippen LogP contribution in [-0.2, 0) is 16.1 Å². The predicted octanol–water partition coefficient (Wildman–Crippen LogP) is 2.09. The largest absolute Gasteiger partial charge is 0.393 e. The van der Waals surface area contributed by atoms with Gasteiger partial charge < -0.3 is 25.8 Å². The highest BCUT2D eigenvalue weighted by Crippen LogP contribution is 2.30. The third-order valence-corrected chi connectivity index (χ3v) is 6.54. The van der Waals surface area contributed by atoms with Gasteiger partial charge in [0.15, 0.2) is 0 Å². The Bertz CT molecular complexity index is 927. The number of carbonyl (C=O) groups excluding carboxylic acids is 1. The molecule has 10 heteroatoms. The Balaban J connectivity index is 1.19. The van der Waals surface area contributed by atoms with E-state index in [0.29, 0.717) is 12.2 Å². The van der Waals surface area contributed by atoms with E-state index in [9.17, 15) is 9.59 Å². The average molecular weight is 490 g/mol. The third kappa shape index (κ3) is 9.19. The summed E-state index contributed by atoms with van der Waals surface area (Å²) >= 11 is 1.45. The van der Waals surface area contributed by atoms with Crippen molar-refractivity contribution < 1.29 is 14.6 Å². The van der Waals surface area contributed by atoms with E-state index >= 15 is 0 Å². The van der Waals surface area contributed by atoms with Gasteiger partial charge in [0.25, 0.3) is 0 Å². The molecular formula is C24H35N5O4S. The highest BCUT2D eigenvalue weighted by molar-refractivity contribution is 8.00. The first-order chi connectivity index (χ1) is 16.7. The SMILES string of the molecule is O=C(CCCCCNCCCNCc1ccccc1)Nc1ccn(C2CSC(CO)O2)c(=O)n1. The van der Waals surface area contributed by atoms with Crippen LogP contribution < -0.4 is 21.6 Å². The summed E-state index contributed by atoms with van der Waals surface area (Å²) in [7, 11) is 0. The Morgan fingerprint density at radius 2 is 1.88 bits per heavy atom. The molecule has 0 radical (unpaired) electrons. The predicted molar refractivity (Wildman–Crippen MR) is 135 cm³/mol. The standard InChI is InChI=1S/C24H35N5O4S/c30-17-23-33-22(18-34-23)29-15-11-20(28-24(29)32)27-21(31)10-5-2-6-12-25-13-7-14-26-16-19-8-3-1-4-9-19/h1,3-4,8-9,11,15,22-23,25-26,30H,2,5-7,10,12-14,16-18H2,(H,27,28,31,32). The first kappa shape index (κ1) is 26.4. The van der Waals surface area contributed by atoms with Crippen molar-refractivity contribution in [2.75, 3.05) is 37.3 Å². The molecule has 9 nitrogen and oxygen atoms in total. The molecule has 1 aliphatic heterocycles. The molecule has 2 heterocycles. The van der Waals surface area contributed by atoms with Crippen molar-refractivity contribution in [3.05, 3.63) is 58.6 Å². The Kier molecular flexibility index (Phi) is 11.6. The van der Waals surface area contributed by atoms with Gasteiger partial charge in [-0.3, -0.25) is 9.36 Å². The average Bonchev–Trinajstić information content (AvgIpc) is 3.32. The second kappa shape index (κ2) is 14.9. The van der Waals surface area contributed by atoms with Gasteiger partial charge in [0.1, 0.15) is 17.5 Å². The molecule has 34 heavy (non-hydrogen) atoms. The number of unbranched alkanes of at least 4 members (excludes halogenated alkanes) is 2. The molecule has 1 fully saturated rings. The molecule has 0 spiro atoms. The summed E-state index contributed by atoms with van der Waals surface area (Å²) in [6.07, 6.45) is 5.37. The number of aliphatic hydroxyl groups is 1. The van der Waals surface area contributed by atoms with E-state index in [1.54, 1.807) is 12.3 Å². The number of ether oxygens (including phenoxy) is 1. The second-order valence-corrected chi connectivity index (χ2v) is 9.36. The second-order valence-electron chi connectivity index (χ2n) is 8.16. The Morgan fingerprint density at radius 3 is 2.65 bits per heavy atom. The van der Waals surface area contributed by atoms with E-state index in [0.717, 1.165) is 51.9 Å². The van der Waals surface area contributed by atoms with Gasteiger partial charge in [0.2, 0.25) is 5.91 Å². The van der Waals surface area contributed by atoms with E-state index in [1.165, 1.54) is 21.9 Å². The lowest BCUT2D eigenvalue weighted by atomic mass is 10.2. The molecule has 1 aromatic carbocycles. The Hall–Kier alpha value is -2.24. The van der Waals surface area contributed by atoms with E-state index in [4.69, 9.17) is 9.84 Å². The van der Waals surface area contributed by atoms with Gasteiger partial charge in [0, 0.05) is 24.9 Å². The van der Waals surface area contributed by atoms with Crippen molar-refractivity contribution in [3.63, 3.8) is 0 Å². The summed E-state index contributed by atoms with van der Waals surface area (Å²) in [4.78, 5) is 28.3. The summed E-state index contributed by atoms with van der Waals surface area (Å²) in [6.45, 7) is 3.71. The van der Waals surface area contributed by atoms with Crippen LogP contribution in [0.15, 0.2) is 47.4 Å². The lowest BCUT2D eigenvalue weighted by molar-refractivity contribution is -0.116. The van der Waals surface area contributed by atoms with Gasteiger partial charge in [-0.15, -0.1) is 11.8 Å². The summed E-state index contributed by atoms with van der Waals surface area (Å²) in [5, 5.41) is 18.7. The van der Waals surface area contributed by atoms with Crippen molar-refractivity contribution in [1.29, 1.82) is 0 Å². The smallest absolute Gasteiger partial charge is 0.351 e. The monoisotopic (exact) mass is 489 g/mol. The molecule has 0 aliphatic carbocycles. The van der Waals surface area contributed by atoms with Gasteiger partial charge in [-0.1, -0.05) is 36.8 Å². The first-order valence-corrected chi connectivity index (χ1v) is 12.9. The van der Waals surface area contributed by atoms with Crippen LogP contribution in [0.3, 0.4) is 0 Å². The molecule has 2 aromatic rings. The Labute approximate surface area is 204 Å². The van der Waals surface area contributed by atoms with Crippen LogP contribution in [0, 0.1) is 0 Å². The van der Waals surface area contributed by atoms with Crippen LogP contribution in [0.4, 0.5) is 5.82 Å². The molecule has 3 rings (SSSR count). The van der Waals surface area contributed by atoms with Crippen molar-refractivity contribution in [3.8, 4) is 0 Å². The summed E-state index contributed by atoms with van der Waals surface area (Å²) in [5.41, 5.74) is 0.492. The molecule has 0 saturated carbocycles. The minimum absolute atomic E-state index is 0.0970. The molecule has 186 valence electrons. The maximum absolute atomic E-state index is 12.3. The van der Waals surface area contributed by atoms with E-state index in [2.05, 4.69) is 45.2 Å². The number of thioether (sulfide) groups is 1. The molecule has 1 aromatic heterocycles. The lowest BCUT2D eigenvalue weighted by Gasteiger charge is -2.14. The summed E-state index contributed by atoms with van der Waals surface area (Å²) < 4.78 is 6.95. The van der Waals surface area contributed by atoms with Crippen LogP contribution >= 0.6 is 11.8 Å². The van der Waals surface area contributed by atoms with Crippen molar-refractivity contribution in [2.24, 2.45) is 0 Å². The maximum Gasteiger partial charge on any atom is 0.351 e. The number of aliphatic hydroxyl groups excluding tert-OH is 1. The molecular weight excluding hydrogens is 454 g/mol. The van der Waals surface area contributed by atoms with E-state index < -0.39 is 11.9 Å². The van der Waals surface area contributed by atoms with Crippen molar-refractivity contribution >= 4 is 23.5 Å². The number of nitrogens with zero attached hydrogens (tertiary/aromatic N) is 2. The molecule has 1 saturated heterocycles. The van der Waals surface area contributed by atoms with E-state index in [1.807, 2.05) is 6.07 Å². The van der Waals surface area contributed by atoms with Gasteiger partial charge in [-0.05, 0) is 50.5 Å². The molecule has 4 N–H and O–H groups in total. The normalized spacial score (nSPS) is 17.7. The van der Waals surface area contributed by atoms with Gasteiger partial charge in [-0.2, -0.15) is 4.98 Å². The zero-order valence-corrected chi connectivity index (χ0v) is 20.3.